The Labute approximate surface area is 165 Å². The summed E-state index contributed by atoms with van der Waals surface area (Å²) in [5.41, 5.74) is 8.16. The zero-order chi connectivity index (χ0) is 15.9. The molecule has 24 heavy (non-hydrogen) atoms. The molecule has 0 bridgehead atoms. The lowest BCUT2D eigenvalue weighted by molar-refractivity contribution is 0.530. The minimum atomic E-state index is 0. The fourth-order valence-electron chi connectivity index (χ4n) is 2.94. The molecule has 1 fully saturated rings. The van der Waals surface area contributed by atoms with Crippen molar-refractivity contribution >= 4 is 41.3 Å². The van der Waals surface area contributed by atoms with Crippen molar-refractivity contribution in [1.29, 1.82) is 0 Å². The smallest absolute Gasteiger partial charge is 0.189 e. The van der Waals surface area contributed by atoms with Crippen molar-refractivity contribution in [2.45, 2.75) is 51.1 Å². The number of nitrogens with two attached hydrogens (primary N) is 1. The maximum absolute atomic E-state index is 6.04. The lowest BCUT2D eigenvalue weighted by atomic mass is 10.1. The van der Waals surface area contributed by atoms with Gasteiger partial charge in [-0.25, -0.2) is 9.98 Å². The topological polar surface area (TPSA) is 63.3 Å². The van der Waals surface area contributed by atoms with Gasteiger partial charge in [-0.2, -0.15) is 0 Å². The van der Waals surface area contributed by atoms with Gasteiger partial charge < -0.3 is 11.1 Å². The normalized spacial score (nSPS) is 16.2. The van der Waals surface area contributed by atoms with Gasteiger partial charge in [0, 0.05) is 17.0 Å². The second-order valence-electron chi connectivity index (χ2n) is 6.04. The van der Waals surface area contributed by atoms with E-state index in [2.05, 4.69) is 32.8 Å². The number of thiazole rings is 1. The molecule has 2 aromatic rings. The third-order valence-corrected chi connectivity index (χ3v) is 5.13. The number of hydrogen-bond acceptors (Lipinski definition) is 3. The minimum Gasteiger partial charge on any atom is -0.370 e. The van der Waals surface area contributed by atoms with Gasteiger partial charge in [0.05, 0.1) is 12.2 Å². The van der Waals surface area contributed by atoms with E-state index >= 15 is 0 Å². The third kappa shape index (κ3) is 5.73. The number of nitrogens with zero attached hydrogens (tertiary/aromatic N) is 2. The number of aromatic nitrogens is 1. The summed E-state index contributed by atoms with van der Waals surface area (Å²) in [7, 11) is 0. The van der Waals surface area contributed by atoms with Crippen LogP contribution < -0.4 is 11.1 Å². The van der Waals surface area contributed by atoms with Gasteiger partial charge in [-0.05, 0) is 12.8 Å². The summed E-state index contributed by atoms with van der Waals surface area (Å²) < 4.78 is 0. The van der Waals surface area contributed by atoms with E-state index in [4.69, 9.17) is 5.73 Å². The highest BCUT2D eigenvalue weighted by atomic mass is 127. The molecule has 1 aromatic heterocycles. The number of halogens is 1. The standard InChI is InChI=1S/C18H24N4S.HI/c19-18(22-15-10-6-1-2-7-11-15)20-12-16-13-23-17(21-16)14-8-4-3-5-9-14;/h3-5,8-9,13,15H,1-2,6-7,10-12H2,(H3,19,20,22);1H. The molecule has 1 aromatic carbocycles. The molecule has 3 rings (SSSR count). The molecule has 0 saturated heterocycles. The van der Waals surface area contributed by atoms with E-state index in [0.29, 0.717) is 18.5 Å². The summed E-state index contributed by atoms with van der Waals surface area (Å²) in [6.45, 7) is 0.537. The van der Waals surface area contributed by atoms with Crippen LogP contribution in [0.15, 0.2) is 40.7 Å². The van der Waals surface area contributed by atoms with Crippen molar-refractivity contribution in [2.75, 3.05) is 0 Å². The second kappa shape index (κ2) is 9.98. The molecule has 1 aliphatic carbocycles. The second-order valence-corrected chi connectivity index (χ2v) is 6.90. The molecule has 1 heterocycles. The van der Waals surface area contributed by atoms with Crippen LogP contribution >= 0.6 is 35.3 Å². The van der Waals surface area contributed by atoms with Crippen molar-refractivity contribution < 1.29 is 0 Å². The molecule has 0 amide bonds. The molecule has 0 aliphatic heterocycles. The molecule has 6 heteroatoms. The zero-order valence-corrected chi connectivity index (χ0v) is 16.9. The average molecular weight is 456 g/mol. The predicted molar refractivity (Wildman–Crippen MR) is 113 cm³/mol. The van der Waals surface area contributed by atoms with E-state index in [0.717, 1.165) is 16.3 Å². The average Bonchev–Trinajstić information content (AvgIpc) is 2.91. The molecule has 3 N–H and O–H groups in total. The monoisotopic (exact) mass is 456 g/mol. The van der Waals surface area contributed by atoms with Crippen molar-refractivity contribution in [3.63, 3.8) is 0 Å². The van der Waals surface area contributed by atoms with Crippen LogP contribution in [0.1, 0.15) is 44.2 Å². The highest BCUT2D eigenvalue weighted by Crippen LogP contribution is 2.23. The highest BCUT2D eigenvalue weighted by molar-refractivity contribution is 14.0. The fraction of sp³-hybridized carbons (Fsp3) is 0.444. The fourth-order valence-corrected chi connectivity index (χ4v) is 3.75. The molecule has 1 aliphatic rings. The van der Waals surface area contributed by atoms with Crippen LogP contribution in [0, 0.1) is 0 Å². The van der Waals surface area contributed by atoms with Crippen LogP contribution in [0.4, 0.5) is 0 Å². The highest BCUT2D eigenvalue weighted by Gasteiger charge is 2.12. The van der Waals surface area contributed by atoms with Crippen LogP contribution in [-0.2, 0) is 6.54 Å². The van der Waals surface area contributed by atoms with Crippen molar-refractivity contribution in [2.24, 2.45) is 10.7 Å². The van der Waals surface area contributed by atoms with Gasteiger partial charge in [-0.3, -0.25) is 0 Å². The summed E-state index contributed by atoms with van der Waals surface area (Å²) in [6, 6.07) is 10.7. The van der Waals surface area contributed by atoms with Gasteiger partial charge in [0.15, 0.2) is 5.96 Å². The molecular formula is C18H25IN4S. The summed E-state index contributed by atoms with van der Waals surface area (Å²) in [6.07, 6.45) is 7.66. The maximum Gasteiger partial charge on any atom is 0.189 e. The zero-order valence-electron chi connectivity index (χ0n) is 13.8. The Morgan fingerprint density at radius 3 is 2.58 bits per heavy atom. The third-order valence-electron chi connectivity index (χ3n) is 4.19. The molecule has 1 saturated carbocycles. The van der Waals surface area contributed by atoms with Crippen LogP contribution in [0.5, 0.6) is 0 Å². The Hall–Kier alpha value is -1.15. The Kier molecular flexibility index (Phi) is 7.98. The molecule has 0 spiro atoms. The van der Waals surface area contributed by atoms with Crippen molar-refractivity contribution in [3.05, 3.63) is 41.4 Å². The predicted octanol–water partition coefficient (Wildman–Crippen LogP) is 4.56. The summed E-state index contributed by atoms with van der Waals surface area (Å²) in [5.74, 6) is 0.547. The Bertz CT molecular complexity index is 633. The van der Waals surface area contributed by atoms with E-state index in [1.807, 2.05) is 18.2 Å². The van der Waals surface area contributed by atoms with Crippen LogP contribution in [0.25, 0.3) is 10.6 Å². The van der Waals surface area contributed by atoms with Gasteiger partial charge in [0.1, 0.15) is 5.01 Å². The SMILES string of the molecule is I.NC(=NCc1csc(-c2ccccc2)n1)NC1CCCCCC1. The molecule has 0 unspecified atom stereocenters. The molecular weight excluding hydrogens is 431 g/mol. The molecule has 4 nitrogen and oxygen atoms in total. The summed E-state index contributed by atoms with van der Waals surface area (Å²) >= 11 is 1.65. The number of nitrogens with one attached hydrogen (secondary N) is 1. The van der Waals surface area contributed by atoms with E-state index in [9.17, 15) is 0 Å². The van der Waals surface area contributed by atoms with Crippen molar-refractivity contribution in [3.8, 4) is 10.6 Å². The summed E-state index contributed by atoms with van der Waals surface area (Å²) in [5, 5.41) is 6.46. The molecule has 0 atom stereocenters. The van der Waals surface area contributed by atoms with Crippen molar-refractivity contribution in [1.82, 2.24) is 10.3 Å². The first-order valence-electron chi connectivity index (χ1n) is 8.37. The van der Waals surface area contributed by atoms with Gasteiger partial charge in [0.25, 0.3) is 0 Å². The van der Waals surface area contributed by atoms with E-state index < -0.39 is 0 Å². The lowest BCUT2D eigenvalue weighted by Gasteiger charge is -2.16. The van der Waals surface area contributed by atoms with Gasteiger partial charge in [-0.1, -0.05) is 56.0 Å². The molecule has 130 valence electrons. The van der Waals surface area contributed by atoms with Crippen LogP contribution in [0.3, 0.4) is 0 Å². The van der Waals surface area contributed by atoms with Crippen LogP contribution in [0.2, 0.25) is 0 Å². The maximum atomic E-state index is 6.04. The van der Waals surface area contributed by atoms with E-state index in [1.54, 1.807) is 11.3 Å². The largest absolute Gasteiger partial charge is 0.370 e. The Balaban J connectivity index is 0.00000208. The van der Waals surface area contributed by atoms with Gasteiger partial charge >= 0.3 is 0 Å². The van der Waals surface area contributed by atoms with Gasteiger partial charge in [-0.15, -0.1) is 35.3 Å². The Morgan fingerprint density at radius 2 is 1.88 bits per heavy atom. The van der Waals surface area contributed by atoms with E-state index in [1.165, 1.54) is 38.5 Å². The first kappa shape index (κ1) is 19.2. The first-order chi connectivity index (χ1) is 11.3. The number of aliphatic imine (C=N–C) groups is 1. The first-order valence-corrected chi connectivity index (χ1v) is 9.25. The van der Waals surface area contributed by atoms with Crippen LogP contribution in [-0.4, -0.2) is 17.0 Å². The quantitative estimate of drug-likeness (QED) is 0.307. The Morgan fingerprint density at radius 1 is 1.17 bits per heavy atom. The number of hydrogen-bond donors (Lipinski definition) is 2. The number of benzene rings is 1. The number of rotatable bonds is 4. The number of guanidine groups is 1. The minimum absolute atomic E-state index is 0. The van der Waals surface area contributed by atoms with E-state index in [-0.39, 0.29) is 24.0 Å². The summed E-state index contributed by atoms with van der Waals surface area (Å²) in [4.78, 5) is 9.10. The van der Waals surface area contributed by atoms with Gasteiger partial charge in [0.2, 0.25) is 0 Å². The lowest BCUT2D eigenvalue weighted by Crippen LogP contribution is -2.39. The molecule has 0 radical (unpaired) electrons.